The van der Waals surface area contributed by atoms with Crippen LogP contribution in [-0.2, 0) is 11.3 Å². The molecule has 1 unspecified atom stereocenters. The van der Waals surface area contributed by atoms with Crippen molar-refractivity contribution in [3.8, 4) is 0 Å². The fourth-order valence-corrected chi connectivity index (χ4v) is 2.56. The van der Waals surface area contributed by atoms with Gasteiger partial charge in [-0.15, -0.1) is 0 Å². The summed E-state index contributed by atoms with van der Waals surface area (Å²) in [6.45, 7) is 5.09. The molecule has 1 atom stereocenters. The molecule has 0 bridgehead atoms. The van der Waals surface area contributed by atoms with Crippen molar-refractivity contribution in [3.63, 3.8) is 0 Å². The Bertz CT molecular complexity index is 488. The predicted molar refractivity (Wildman–Crippen MR) is 76.3 cm³/mol. The Morgan fingerprint density at radius 1 is 1.55 bits per heavy atom. The Morgan fingerprint density at radius 2 is 2.30 bits per heavy atom. The summed E-state index contributed by atoms with van der Waals surface area (Å²) in [7, 11) is 0. The van der Waals surface area contributed by atoms with E-state index >= 15 is 0 Å². The van der Waals surface area contributed by atoms with E-state index in [1.807, 2.05) is 32.0 Å². The summed E-state index contributed by atoms with van der Waals surface area (Å²) in [6, 6.07) is 7.34. The summed E-state index contributed by atoms with van der Waals surface area (Å²) in [5, 5.41) is 9.30. The number of carbonyl (C=O) groups is 1. The summed E-state index contributed by atoms with van der Waals surface area (Å²) in [4.78, 5) is 14.3. The lowest BCUT2D eigenvalue weighted by Crippen LogP contribution is -2.55. The first-order valence-corrected chi connectivity index (χ1v) is 6.82. The molecule has 5 heteroatoms. The van der Waals surface area contributed by atoms with Crippen molar-refractivity contribution in [1.82, 2.24) is 4.90 Å². The van der Waals surface area contributed by atoms with E-state index in [-0.39, 0.29) is 18.6 Å². The minimum absolute atomic E-state index is 0.0462. The monoisotopic (exact) mass is 278 g/mol. The maximum Gasteiger partial charge on any atom is 0.254 e. The van der Waals surface area contributed by atoms with Crippen molar-refractivity contribution in [2.24, 2.45) is 5.73 Å². The van der Waals surface area contributed by atoms with Crippen LogP contribution in [0.1, 0.15) is 29.8 Å². The van der Waals surface area contributed by atoms with Gasteiger partial charge in [0.2, 0.25) is 0 Å². The average Bonchev–Trinajstić information content (AvgIpc) is 2.44. The number of carbonyl (C=O) groups excluding carboxylic acids is 1. The van der Waals surface area contributed by atoms with Crippen LogP contribution in [0.3, 0.4) is 0 Å². The Hall–Kier alpha value is -1.43. The fraction of sp³-hybridized carbons (Fsp3) is 0.533. The van der Waals surface area contributed by atoms with Gasteiger partial charge in [-0.2, -0.15) is 0 Å². The molecule has 1 amide bonds. The second kappa shape index (κ2) is 5.91. The maximum atomic E-state index is 12.6. The molecule has 0 saturated carbocycles. The van der Waals surface area contributed by atoms with E-state index in [9.17, 15) is 9.90 Å². The number of nitrogens with zero attached hydrogens (tertiary/aromatic N) is 1. The van der Waals surface area contributed by atoms with E-state index in [2.05, 4.69) is 0 Å². The molecule has 1 aromatic rings. The zero-order valence-electron chi connectivity index (χ0n) is 12.0. The van der Waals surface area contributed by atoms with E-state index in [1.54, 1.807) is 11.0 Å². The van der Waals surface area contributed by atoms with Crippen molar-refractivity contribution >= 4 is 5.91 Å². The number of aliphatic hydroxyl groups excluding tert-OH is 1. The Kier molecular flexibility index (Phi) is 4.42. The highest BCUT2D eigenvalue weighted by molar-refractivity contribution is 5.94. The van der Waals surface area contributed by atoms with Crippen LogP contribution in [0.15, 0.2) is 24.3 Å². The topological polar surface area (TPSA) is 75.8 Å². The van der Waals surface area contributed by atoms with E-state index in [1.165, 1.54) is 0 Å². The van der Waals surface area contributed by atoms with Crippen molar-refractivity contribution < 1.29 is 14.6 Å². The highest BCUT2D eigenvalue weighted by Crippen LogP contribution is 2.22. The van der Waals surface area contributed by atoms with E-state index in [0.29, 0.717) is 25.2 Å². The lowest BCUT2D eigenvalue weighted by molar-refractivity contribution is -0.139. The number of amides is 1. The van der Waals surface area contributed by atoms with Gasteiger partial charge in [0.1, 0.15) is 0 Å². The molecule has 0 spiro atoms. The smallest absolute Gasteiger partial charge is 0.254 e. The highest BCUT2D eigenvalue weighted by Gasteiger charge is 2.35. The molecule has 1 aromatic carbocycles. The minimum atomic E-state index is -0.452. The molecule has 1 fully saturated rings. The van der Waals surface area contributed by atoms with Gasteiger partial charge < -0.3 is 20.5 Å². The van der Waals surface area contributed by atoms with Crippen LogP contribution in [0.25, 0.3) is 0 Å². The van der Waals surface area contributed by atoms with Gasteiger partial charge in [-0.25, -0.2) is 0 Å². The predicted octanol–water partition coefficient (Wildman–Crippen LogP) is 0.757. The molecule has 1 aliphatic rings. The molecular weight excluding hydrogens is 256 g/mol. The number of aliphatic hydroxyl groups is 1. The quantitative estimate of drug-likeness (QED) is 0.856. The number of ether oxygens (including phenoxy) is 1. The minimum Gasteiger partial charge on any atom is -0.394 e. The molecule has 1 heterocycles. The summed E-state index contributed by atoms with van der Waals surface area (Å²) in [5.74, 6) is -0.0462. The molecule has 2 rings (SSSR count). The van der Waals surface area contributed by atoms with Gasteiger partial charge in [0, 0.05) is 25.2 Å². The third-order valence-corrected chi connectivity index (χ3v) is 3.38. The van der Waals surface area contributed by atoms with Crippen molar-refractivity contribution in [2.75, 3.05) is 19.7 Å². The molecule has 0 aliphatic carbocycles. The Morgan fingerprint density at radius 3 is 2.95 bits per heavy atom. The van der Waals surface area contributed by atoms with E-state index in [4.69, 9.17) is 10.5 Å². The second-order valence-electron chi connectivity index (χ2n) is 5.77. The molecule has 0 radical (unpaired) electrons. The first-order valence-electron chi connectivity index (χ1n) is 6.82. The number of benzene rings is 1. The highest BCUT2D eigenvalue weighted by atomic mass is 16.5. The van der Waals surface area contributed by atoms with Crippen LogP contribution in [0.4, 0.5) is 0 Å². The van der Waals surface area contributed by atoms with E-state index < -0.39 is 5.60 Å². The zero-order chi connectivity index (χ0) is 14.8. The van der Waals surface area contributed by atoms with Crippen LogP contribution in [0, 0.1) is 0 Å². The average molecular weight is 278 g/mol. The lowest BCUT2D eigenvalue weighted by Gasteiger charge is -2.42. The first-order chi connectivity index (χ1) is 9.45. The number of rotatable bonds is 3. The van der Waals surface area contributed by atoms with Crippen molar-refractivity contribution in [3.05, 3.63) is 35.4 Å². The summed E-state index contributed by atoms with van der Waals surface area (Å²) >= 11 is 0. The molecule has 0 aromatic heterocycles. The van der Waals surface area contributed by atoms with Crippen LogP contribution >= 0.6 is 0 Å². The van der Waals surface area contributed by atoms with Crippen LogP contribution in [0.2, 0.25) is 0 Å². The van der Waals surface area contributed by atoms with Gasteiger partial charge in [0.05, 0.1) is 18.3 Å². The van der Waals surface area contributed by atoms with Crippen molar-refractivity contribution in [1.29, 1.82) is 0 Å². The first kappa shape index (κ1) is 15.0. The fourth-order valence-electron chi connectivity index (χ4n) is 2.56. The normalized spacial score (nSPS) is 21.8. The standard InChI is InChI=1S/C15H22N2O3/c1-15(2)10-17(8-13(9-18)20-15)14(19)12-5-3-4-11(6-12)7-16/h3-6,13,18H,7-10,16H2,1-2H3. The molecular formula is C15H22N2O3. The third kappa shape index (κ3) is 3.36. The molecule has 3 N–H and O–H groups in total. The summed E-state index contributed by atoms with van der Waals surface area (Å²) < 4.78 is 5.72. The summed E-state index contributed by atoms with van der Waals surface area (Å²) in [6.07, 6.45) is -0.333. The number of hydrogen-bond donors (Lipinski definition) is 2. The van der Waals surface area contributed by atoms with Crippen molar-refractivity contribution in [2.45, 2.75) is 32.1 Å². The largest absolute Gasteiger partial charge is 0.394 e. The molecule has 1 aliphatic heterocycles. The maximum absolute atomic E-state index is 12.6. The van der Waals surface area contributed by atoms with Gasteiger partial charge in [-0.3, -0.25) is 4.79 Å². The molecule has 5 nitrogen and oxygen atoms in total. The number of morpholine rings is 1. The van der Waals surface area contributed by atoms with E-state index in [0.717, 1.165) is 5.56 Å². The van der Waals surface area contributed by atoms with Gasteiger partial charge in [0.15, 0.2) is 0 Å². The molecule has 20 heavy (non-hydrogen) atoms. The SMILES string of the molecule is CC1(C)CN(C(=O)c2cccc(CN)c2)CC(CO)O1. The molecule has 1 saturated heterocycles. The number of hydrogen-bond acceptors (Lipinski definition) is 4. The third-order valence-electron chi connectivity index (χ3n) is 3.38. The lowest BCUT2D eigenvalue weighted by atomic mass is 10.0. The molecule has 110 valence electrons. The summed E-state index contributed by atoms with van der Waals surface area (Å²) in [5.41, 5.74) is 6.71. The van der Waals surface area contributed by atoms with Gasteiger partial charge in [0.25, 0.3) is 5.91 Å². The Balaban J connectivity index is 2.18. The second-order valence-corrected chi connectivity index (χ2v) is 5.77. The van der Waals surface area contributed by atoms with Gasteiger partial charge in [-0.1, -0.05) is 12.1 Å². The van der Waals surface area contributed by atoms with Crippen LogP contribution < -0.4 is 5.73 Å². The number of nitrogens with two attached hydrogens (primary N) is 1. The Labute approximate surface area is 119 Å². The zero-order valence-corrected chi connectivity index (χ0v) is 12.0. The van der Waals surface area contributed by atoms with Gasteiger partial charge in [-0.05, 0) is 31.5 Å². The van der Waals surface area contributed by atoms with Crippen LogP contribution in [-0.4, -0.2) is 47.3 Å². The van der Waals surface area contributed by atoms with Crippen LogP contribution in [0.5, 0.6) is 0 Å². The van der Waals surface area contributed by atoms with Gasteiger partial charge >= 0.3 is 0 Å².